The molecule has 162 valence electrons. The number of nitrogens with zero attached hydrogens (tertiary/aromatic N) is 3. The molecule has 1 atom stereocenters. The van der Waals surface area contributed by atoms with E-state index in [9.17, 15) is 4.79 Å². The quantitative estimate of drug-likeness (QED) is 0.817. The van der Waals surface area contributed by atoms with Crippen molar-refractivity contribution in [2.24, 2.45) is 12.5 Å². The summed E-state index contributed by atoms with van der Waals surface area (Å²) in [4.78, 5) is 20.1. The molecule has 2 aliphatic heterocycles. The van der Waals surface area contributed by atoms with Crippen molar-refractivity contribution in [2.45, 2.75) is 58.5 Å². The van der Waals surface area contributed by atoms with Crippen molar-refractivity contribution in [3.8, 4) is 11.1 Å². The van der Waals surface area contributed by atoms with E-state index in [2.05, 4.69) is 49.7 Å². The number of anilines is 2. The molecular weight excluding hydrogens is 376 g/mol. The van der Waals surface area contributed by atoms with E-state index < -0.39 is 0 Å². The topological polar surface area (TPSA) is 73.4 Å². The van der Waals surface area contributed by atoms with Crippen LogP contribution in [0.3, 0.4) is 0 Å². The Morgan fingerprint density at radius 3 is 2.33 bits per heavy atom. The van der Waals surface area contributed by atoms with Crippen LogP contribution in [0.4, 0.5) is 11.8 Å². The summed E-state index contributed by atoms with van der Waals surface area (Å²) in [5, 5.41) is 0. The Hall–Kier alpha value is -2.34. The Balaban J connectivity index is 1.60. The van der Waals surface area contributed by atoms with Crippen molar-refractivity contribution in [2.75, 3.05) is 30.3 Å². The fraction of sp³-hybridized carbons (Fsp3) is 0.583. The number of ether oxygens (including phenoxy) is 1. The van der Waals surface area contributed by atoms with Crippen molar-refractivity contribution in [1.82, 2.24) is 9.55 Å². The number of aromatic nitrogens is 2. The Bertz CT molecular complexity index is 980. The van der Waals surface area contributed by atoms with Gasteiger partial charge in [-0.05, 0) is 48.1 Å². The average molecular weight is 411 g/mol. The molecule has 0 bridgehead atoms. The third-order valence-corrected chi connectivity index (χ3v) is 6.84. The molecule has 6 heteroatoms. The molecule has 0 radical (unpaired) electrons. The van der Waals surface area contributed by atoms with Gasteiger partial charge in [-0.25, -0.2) is 0 Å². The predicted molar refractivity (Wildman–Crippen MR) is 122 cm³/mol. The second kappa shape index (κ2) is 7.41. The minimum atomic E-state index is -0.0980. The van der Waals surface area contributed by atoms with E-state index in [1.807, 2.05) is 12.1 Å². The summed E-state index contributed by atoms with van der Waals surface area (Å²) in [6, 6.07) is 8.08. The number of rotatable bonds is 2. The van der Waals surface area contributed by atoms with Gasteiger partial charge in [0.1, 0.15) is 5.82 Å². The lowest BCUT2D eigenvalue weighted by atomic mass is 9.77. The fourth-order valence-corrected chi connectivity index (χ4v) is 4.87. The number of nitrogens with two attached hydrogens (primary N) is 1. The Morgan fingerprint density at radius 1 is 1.17 bits per heavy atom. The zero-order valence-corrected chi connectivity index (χ0v) is 18.9. The van der Waals surface area contributed by atoms with Gasteiger partial charge in [0.2, 0.25) is 5.95 Å². The molecule has 0 saturated carbocycles. The smallest absolute Gasteiger partial charge is 0.264 e. The lowest BCUT2D eigenvalue weighted by Crippen LogP contribution is -2.43. The van der Waals surface area contributed by atoms with Crippen molar-refractivity contribution in [1.29, 1.82) is 0 Å². The first-order valence-corrected chi connectivity index (χ1v) is 10.9. The van der Waals surface area contributed by atoms with Gasteiger partial charge in [0.25, 0.3) is 5.56 Å². The highest BCUT2D eigenvalue weighted by Gasteiger charge is 2.41. The number of hydrogen-bond acceptors (Lipinski definition) is 5. The Morgan fingerprint density at radius 2 is 1.80 bits per heavy atom. The first kappa shape index (κ1) is 20.9. The van der Waals surface area contributed by atoms with E-state index in [1.54, 1.807) is 11.6 Å². The first-order valence-electron chi connectivity index (χ1n) is 10.9. The lowest BCUT2D eigenvalue weighted by molar-refractivity contribution is 0.0974. The summed E-state index contributed by atoms with van der Waals surface area (Å²) in [5.41, 5.74) is 9.08. The molecule has 0 unspecified atom stereocenters. The molecule has 4 rings (SSSR count). The minimum Gasteiger partial charge on any atom is -0.383 e. The summed E-state index contributed by atoms with van der Waals surface area (Å²) in [6.45, 7) is 11.3. The summed E-state index contributed by atoms with van der Waals surface area (Å²) >= 11 is 0. The summed E-state index contributed by atoms with van der Waals surface area (Å²) in [6.07, 6.45) is 3.59. The predicted octanol–water partition coefficient (Wildman–Crippen LogP) is 3.72. The molecule has 3 heterocycles. The molecule has 30 heavy (non-hydrogen) atoms. The SMILES string of the molecule is C[C@H]1CC2(CCN(c3nc(N)c(-c4ccc(C(C)(C)C)cc4)c(=O)n3C)CC2)CO1. The van der Waals surface area contributed by atoms with Crippen molar-refractivity contribution < 1.29 is 4.74 Å². The molecular formula is C24H34N4O2. The van der Waals surface area contributed by atoms with Gasteiger partial charge >= 0.3 is 0 Å². The van der Waals surface area contributed by atoms with E-state index in [0.717, 1.165) is 44.5 Å². The summed E-state index contributed by atoms with van der Waals surface area (Å²) < 4.78 is 7.48. The molecule has 2 fully saturated rings. The van der Waals surface area contributed by atoms with Crippen LogP contribution in [-0.2, 0) is 17.2 Å². The Labute approximate surface area is 179 Å². The van der Waals surface area contributed by atoms with Crippen LogP contribution in [0, 0.1) is 5.41 Å². The van der Waals surface area contributed by atoms with Crippen molar-refractivity contribution >= 4 is 11.8 Å². The van der Waals surface area contributed by atoms with E-state index in [-0.39, 0.29) is 16.4 Å². The van der Waals surface area contributed by atoms with Gasteiger partial charge in [0.15, 0.2) is 0 Å². The highest BCUT2D eigenvalue weighted by atomic mass is 16.5. The van der Waals surface area contributed by atoms with E-state index in [4.69, 9.17) is 10.5 Å². The standard InChI is InChI=1S/C24H34N4O2/c1-16-14-24(15-30-16)10-12-28(13-11-24)22-26-20(25)19(21(29)27(22)5)17-6-8-18(9-7-17)23(2,3)4/h6-9,16H,10-15,25H2,1-5H3/t16-/m0/s1. The lowest BCUT2D eigenvalue weighted by Gasteiger charge is -2.39. The Kier molecular flexibility index (Phi) is 5.17. The largest absolute Gasteiger partial charge is 0.383 e. The van der Waals surface area contributed by atoms with Gasteiger partial charge in [-0.3, -0.25) is 9.36 Å². The monoisotopic (exact) mass is 410 g/mol. The number of hydrogen-bond donors (Lipinski definition) is 1. The second-order valence-electron chi connectivity index (χ2n) is 10.2. The van der Waals surface area contributed by atoms with Crippen LogP contribution in [-0.4, -0.2) is 35.4 Å². The van der Waals surface area contributed by atoms with Gasteiger partial charge < -0.3 is 15.4 Å². The maximum Gasteiger partial charge on any atom is 0.264 e. The molecule has 1 spiro atoms. The van der Waals surface area contributed by atoms with Crippen LogP contribution >= 0.6 is 0 Å². The number of nitrogen functional groups attached to an aromatic ring is 1. The van der Waals surface area contributed by atoms with Gasteiger partial charge in [-0.1, -0.05) is 45.0 Å². The molecule has 2 saturated heterocycles. The van der Waals surface area contributed by atoms with Gasteiger partial charge in [0.05, 0.1) is 18.3 Å². The highest BCUT2D eigenvalue weighted by molar-refractivity contribution is 5.74. The molecule has 2 aliphatic rings. The van der Waals surface area contributed by atoms with Crippen LogP contribution in [0.15, 0.2) is 29.1 Å². The van der Waals surface area contributed by atoms with Crippen LogP contribution in [0.5, 0.6) is 0 Å². The highest BCUT2D eigenvalue weighted by Crippen LogP contribution is 2.42. The maximum absolute atomic E-state index is 13.2. The molecule has 6 nitrogen and oxygen atoms in total. The number of piperidine rings is 1. The molecule has 1 aromatic carbocycles. The molecule has 0 aliphatic carbocycles. The van der Waals surface area contributed by atoms with Crippen LogP contribution in [0.25, 0.3) is 11.1 Å². The van der Waals surface area contributed by atoms with Gasteiger partial charge in [0, 0.05) is 20.1 Å². The molecule has 0 amide bonds. The summed E-state index contributed by atoms with van der Waals surface area (Å²) in [5.74, 6) is 0.962. The third-order valence-electron chi connectivity index (χ3n) is 6.84. The molecule has 2 N–H and O–H groups in total. The number of benzene rings is 1. The van der Waals surface area contributed by atoms with Crippen LogP contribution in [0.2, 0.25) is 0 Å². The van der Waals surface area contributed by atoms with Gasteiger partial charge in [-0.2, -0.15) is 4.98 Å². The average Bonchev–Trinajstić information content (AvgIpc) is 3.05. The molecule has 2 aromatic rings. The first-order chi connectivity index (χ1) is 14.1. The van der Waals surface area contributed by atoms with E-state index >= 15 is 0 Å². The van der Waals surface area contributed by atoms with Gasteiger partial charge in [-0.15, -0.1) is 0 Å². The second-order valence-corrected chi connectivity index (χ2v) is 10.2. The van der Waals surface area contributed by atoms with Crippen molar-refractivity contribution in [3.63, 3.8) is 0 Å². The fourth-order valence-electron chi connectivity index (χ4n) is 4.87. The van der Waals surface area contributed by atoms with Crippen LogP contribution < -0.4 is 16.2 Å². The zero-order valence-electron chi connectivity index (χ0n) is 18.9. The van der Waals surface area contributed by atoms with Crippen LogP contribution in [0.1, 0.15) is 52.5 Å². The summed E-state index contributed by atoms with van der Waals surface area (Å²) in [7, 11) is 1.79. The van der Waals surface area contributed by atoms with Crippen molar-refractivity contribution in [3.05, 3.63) is 40.2 Å². The van der Waals surface area contributed by atoms with E-state index in [1.165, 1.54) is 5.56 Å². The van der Waals surface area contributed by atoms with E-state index in [0.29, 0.717) is 23.4 Å². The third kappa shape index (κ3) is 3.73. The molecule has 1 aromatic heterocycles. The maximum atomic E-state index is 13.2. The zero-order chi connectivity index (χ0) is 21.7. The minimum absolute atomic E-state index is 0.0604. The normalized spacial score (nSPS) is 21.4.